The molecule has 1 amide bonds. The van der Waals surface area contributed by atoms with E-state index in [1.54, 1.807) is 0 Å². The van der Waals surface area contributed by atoms with Crippen molar-refractivity contribution in [2.45, 2.75) is 12.8 Å². The molecule has 0 aromatic carbocycles. The van der Waals surface area contributed by atoms with Crippen molar-refractivity contribution >= 4 is 12.1 Å². The number of nitrogens with zero attached hydrogens (tertiary/aromatic N) is 1. The fourth-order valence-electron chi connectivity index (χ4n) is 0.563. The summed E-state index contributed by atoms with van der Waals surface area (Å²) in [6.45, 7) is 0.266. The van der Waals surface area contributed by atoms with Crippen molar-refractivity contribution in [1.82, 2.24) is 4.90 Å². The molecule has 0 aromatic heterocycles. The molecule has 11 heavy (non-hydrogen) atoms. The average molecular weight is 161 g/mol. The first-order valence-electron chi connectivity index (χ1n) is 3.20. The second-order valence-corrected chi connectivity index (χ2v) is 2.20. The van der Waals surface area contributed by atoms with Gasteiger partial charge in [0, 0.05) is 20.0 Å². The summed E-state index contributed by atoms with van der Waals surface area (Å²) in [5.74, 6) is -0.899. The molecule has 0 fully saturated rings. The summed E-state index contributed by atoms with van der Waals surface area (Å²) < 4.78 is 0. The molecule has 0 aromatic rings. The highest BCUT2D eigenvalue weighted by atomic mass is 16.4. The number of aliphatic carboxylic acids is 1. The van der Waals surface area contributed by atoms with Crippen molar-refractivity contribution < 1.29 is 19.8 Å². The largest absolute Gasteiger partial charge is 0.481 e. The van der Waals surface area contributed by atoms with Crippen molar-refractivity contribution in [3.05, 3.63) is 0 Å². The molecule has 0 saturated carbocycles. The highest BCUT2D eigenvalue weighted by Gasteiger charge is 2.05. The van der Waals surface area contributed by atoms with Gasteiger partial charge in [-0.25, -0.2) is 4.79 Å². The fraction of sp³-hybridized carbons (Fsp3) is 0.667. The third kappa shape index (κ3) is 5.20. The second kappa shape index (κ2) is 4.54. The van der Waals surface area contributed by atoms with Gasteiger partial charge < -0.3 is 15.1 Å². The Hall–Kier alpha value is -1.26. The first kappa shape index (κ1) is 9.74. The summed E-state index contributed by atoms with van der Waals surface area (Å²) >= 11 is 0. The Labute approximate surface area is 64.2 Å². The van der Waals surface area contributed by atoms with Gasteiger partial charge in [0.25, 0.3) is 0 Å². The highest BCUT2D eigenvalue weighted by Crippen LogP contribution is 1.92. The summed E-state index contributed by atoms with van der Waals surface area (Å²) in [4.78, 5) is 21.2. The van der Waals surface area contributed by atoms with E-state index in [4.69, 9.17) is 10.2 Å². The van der Waals surface area contributed by atoms with Gasteiger partial charge in [0.1, 0.15) is 0 Å². The predicted octanol–water partition coefficient (Wildman–Crippen LogP) is 0.461. The fourth-order valence-corrected chi connectivity index (χ4v) is 0.563. The van der Waals surface area contributed by atoms with Crippen LogP contribution in [0.5, 0.6) is 0 Å². The van der Waals surface area contributed by atoms with Crippen molar-refractivity contribution in [2.24, 2.45) is 0 Å². The van der Waals surface area contributed by atoms with Crippen LogP contribution in [-0.4, -0.2) is 40.8 Å². The van der Waals surface area contributed by atoms with Crippen LogP contribution in [0.3, 0.4) is 0 Å². The third-order valence-corrected chi connectivity index (χ3v) is 1.21. The van der Waals surface area contributed by atoms with Gasteiger partial charge >= 0.3 is 12.1 Å². The van der Waals surface area contributed by atoms with Gasteiger partial charge in [-0.3, -0.25) is 4.79 Å². The van der Waals surface area contributed by atoms with E-state index in [2.05, 4.69) is 0 Å². The van der Waals surface area contributed by atoms with Crippen LogP contribution in [0.25, 0.3) is 0 Å². The molecule has 0 saturated heterocycles. The molecule has 0 rings (SSSR count). The molecule has 0 unspecified atom stereocenters. The molecule has 5 heteroatoms. The van der Waals surface area contributed by atoms with Crippen LogP contribution >= 0.6 is 0 Å². The molecule has 0 aliphatic rings. The van der Waals surface area contributed by atoms with E-state index in [1.165, 1.54) is 7.05 Å². The van der Waals surface area contributed by atoms with E-state index in [0.29, 0.717) is 6.42 Å². The molecule has 0 bridgehead atoms. The molecule has 0 heterocycles. The standard InChI is InChI=1S/C6H11NO4/c1-7(6(10)11)4-2-3-5(8)9/h2-4H2,1H3,(H,8,9)(H,10,11). The minimum atomic E-state index is -1.03. The van der Waals surface area contributed by atoms with E-state index >= 15 is 0 Å². The molecular formula is C6H11NO4. The van der Waals surface area contributed by atoms with Gasteiger partial charge in [0.05, 0.1) is 0 Å². The van der Waals surface area contributed by atoms with E-state index < -0.39 is 12.1 Å². The highest BCUT2D eigenvalue weighted by molar-refractivity contribution is 5.67. The van der Waals surface area contributed by atoms with Gasteiger partial charge in [0.2, 0.25) is 0 Å². The van der Waals surface area contributed by atoms with Gasteiger partial charge in [-0.15, -0.1) is 0 Å². The molecule has 2 N–H and O–H groups in total. The third-order valence-electron chi connectivity index (χ3n) is 1.21. The van der Waals surface area contributed by atoms with Crippen molar-refractivity contribution in [3.63, 3.8) is 0 Å². The first-order valence-corrected chi connectivity index (χ1v) is 3.20. The van der Waals surface area contributed by atoms with Crippen LogP contribution in [0, 0.1) is 0 Å². The van der Waals surface area contributed by atoms with E-state index in [0.717, 1.165) is 4.90 Å². The van der Waals surface area contributed by atoms with Gasteiger partial charge in [-0.2, -0.15) is 0 Å². The van der Waals surface area contributed by atoms with Crippen molar-refractivity contribution in [2.75, 3.05) is 13.6 Å². The zero-order valence-electron chi connectivity index (χ0n) is 6.28. The molecule has 0 atom stereocenters. The van der Waals surface area contributed by atoms with Gasteiger partial charge in [-0.1, -0.05) is 0 Å². The SMILES string of the molecule is CN(CCCC(=O)O)C(=O)O. The Morgan fingerprint density at radius 3 is 2.27 bits per heavy atom. The molecule has 0 radical (unpaired) electrons. The number of amides is 1. The monoisotopic (exact) mass is 161 g/mol. The number of carboxylic acids is 1. The molecular weight excluding hydrogens is 150 g/mol. The summed E-state index contributed by atoms with van der Waals surface area (Å²) in [7, 11) is 1.41. The number of hydrogen-bond donors (Lipinski definition) is 2. The molecule has 0 aliphatic carbocycles. The number of hydrogen-bond acceptors (Lipinski definition) is 2. The first-order chi connectivity index (χ1) is 5.04. The predicted molar refractivity (Wildman–Crippen MR) is 37.5 cm³/mol. The summed E-state index contributed by atoms with van der Waals surface area (Å²) in [5.41, 5.74) is 0. The number of carbonyl (C=O) groups is 2. The Kier molecular flexibility index (Phi) is 4.02. The minimum absolute atomic E-state index is 0.0115. The summed E-state index contributed by atoms with van der Waals surface area (Å²) in [5, 5.41) is 16.5. The van der Waals surface area contributed by atoms with Crippen LogP contribution in [0.4, 0.5) is 4.79 Å². The maximum absolute atomic E-state index is 10.2. The average Bonchev–Trinajstić information content (AvgIpc) is 1.86. The summed E-state index contributed by atoms with van der Waals surface area (Å²) in [6.07, 6.45) is -0.661. The lowest BCUT2D eigenvalue weighted by Gasteiger charge is -2.10. The second-order valence-electron chi connectivity index (χ2n) is 2.20. The van der Waals surface area contributed by atoms with Crippen molar-refractivity contribution in [3.8, 4) is 0 Å². The maximum atomic E-state index is 10.2. The van der Waals surface area contributed by atoms with Crippen molar-refractivity contribution in [1.29, 1.82) is 0 Å². The van der Waals surface area contributed by atoms with Crippen LogP contribution in [0.15, 0.2) is 0 Å². The molecule has 5 nitrogen and oxygen atoms in total. The lowest BCUT2D eigenvalue weighted by molar-refractivity contribution is -0.137. The molecule has 0 spiro atoms. The van der Waals surface area contributed by atoms with Crippen LogP contribution in [0.1, 0.15) is 12.8 Å². The van der Waals surface area contributed by atoms with Gasteiger partial charge in [-0.05, 0) is 6.42 Å². The zero-order chi connectivity index (χ0) is 8.85. The van der Waals surface area contributed by atoms with E-state index in [1.807, 2.05) is 0 Å². The Morgan fingerprint density at radius 2 is 1.91 bits per heavy atom. The maximum Gasteiger partial charge on any atom is 0.407 e. The molecule has 0 aliphatic heterocycles. The van der Waals surface area contributed by atoms with E-state index in [-0.39, 0.29) is 13.0 Å². The van der Waals surface area contributed by atoms with Crippen LogP contribution in [0.2, 0.25) is 0 Å². The topological polar surface area (TPSA) is 77.8 Å². The quantitative estimate of drug-likeness (QED) is 0.627. The Balaban J connectivity index is 3.39. The lowest BCUT2D eigenvalue weighted by Crippen LogP contribution is -2.25. The van der Waals surface area contributed by atoms with E-state index in [9.17, 15) is 9.59 Å². The number of carboxylic acid groups (broad SMARTS) is 2. The summed E-state index contributed by atoms with van der Waals surface area (Å²) in [6, 6.07) is 0. The Morgan fingerprint density at radius 1 is 1.36 bits per heavy atom. The number of rotatable bonds is 4. The van der Waals surface area contributed by atoms with Gasteiger partial charge in [0.15, 0.2) is 0 Å². The lowest BCUT2D eigenvalue weighted by atomic mass is 10.3. The van der Waals surface area contributed by atoms with Crippen LogP contribution < -0.4 is 0 Å². The Bertz CT molecular complexity index is 157. The normalized spacial score (nSPS) is 9.18. The van der Waals surface area contributed by atoms with Crippen LogP contribution in [-0.2, 0) is 4.79 Å². The molecule has 64 valence electrons. The minimum Gasteiger partial charge on any atom is -0.481 e. The zero-order valence-corrected chi connectivity index (χ0v) is 6.28. The smallest absolute Gasteiger partial charge is 0.407 e.